The molecule has 0 radical (unpaired) electrons. The highest BCUT2D eigenvalue weighted by Gasteiger charge is 2.06. The van der Waals surface area contributed by atoms with Gasteiger partial charge in [-0.05, 0) is 18.2 Å². The summed E-state index contributed by atoms with van der Waals surface area (Å²) in [6.07, 6.45) is 0. The van der Waals surface area contributed by atoms with E-state index >= 15 is 0 Å². The van der Waals surface area contributed by atoms with E-state index in [1.807, 2.05) is 0 Å². The van der Waals surface area contributed by atoms with Crippen LogP contribution in [-0.2, 0) is 0 Å². The van der Waals surface area contributed by atoms with Crippen LogP contribution in [0.4, 0.5) is 5.69 Å². The molecule has 1 aromatic carbocycles. The van der Waals surface area contributed by atoms with Gasteiger partial charge < -0.3 is 10.8 Å². The molecular formula is C6H6N2O3S. The lowest BCUT2D eigenvalue weighted by molar-refractivity contribution is -0.284. The molecule has 0 atom stereocenters. The zero-order valence-electron chi connectivity index (χ0n) is 5.93. The van der Waals surface area contributed by atoms with Crippen LogP contribution in [-0.4, -0.2) is 9.44 Å². The van der Waals surface area contributed by atoms with Crippen molar-refractivity contribution in [3.05, 3.63) is 28.3 Å². The van der Waals surface area contributed by atoms with Crippen LogP contribution in [0.25, 0.3) is 0 Å². The Kier molecular flexibility index (Phi) is 2.39. The normalized spacial score (nSPS) is 9.67. The summed E-state index contributed by atoms with van der Waals surface area (Å²) in [7, 11) is 0. The predicted molar refractivity (Wildman–Crippen MR) is 45.4 cm³/mol. The summed E-state index contributed by atoms with van der Waals surface area (Å²) >= 11 is 0.452. The van der Waals surface area contributed by atoms with Crippen LogP contribution in [0.3, 0.4) is 0 Å². The number of hydrogen-bond acceptors (Lipinski definition) is 5. The molecule has 0 aliphatic rings. The molecule has 6 heteroatoms. The van der Waals surface area contributed by atoms with Gasteiger partial charge in [0.25, 0.3) is 11.9 Å². The predicted octanol–water partition coefficient (Wildman–Crippen LogP) is 1.26. The van der Waals surface area contributed by atoms with Crippen molar-refractivity contribution in [2.45, 2.75) is 4.90 Å². The van der Waals surface area contributed by atoms with Gasteiger partial charge in [-0.1, -0.05) is 0 Å². The summed E-state index contributed by atoms with van der Waals surface area (Å²) < 4.78 is -0.536. The quantitative estimate of drug-likeness (QED) is 0.238. The van der Waals surface area contributed by atoms with Crippen molar-refractivity contribution < 1.29 is 9.44 Å². The Labute approximate surface area is 72.5 Å². The summed E-state index contributed by atoms with van der Waals surface area (Å²) in [5, 5.41) is 19.0. The fourth-order valence-corrected chi connectivity index (χ4v) is 1.16. The number of nitro groups is 1. The summed E-state index contributed by atoms with van der Waals surface area (Å²) in [5.74, 6) is -0.0669. The second kappa shape index (κ2) is 3.31. The Morgan fingerprint density at radius 2 is 2.25 bits per heavy atom. The SMILES string of the molecule is Nc1cc(S[N+](=O)[O-])ccc1O. The van der Waals surface area contributed by atoms with Crippen LogP contribution in [0.1, 0.15) is 0 Å². The van der Waals surface area contributed by atoms with Gasteiger partial charge in [0.1, 0.15) is 10.1 Å². The molecule has 64 valence electrons. The highest BCUT2D eigenvalue weighted by molar-refractivity contribution is 7.93. The summed E-state index contributed by atoms with van der Waals surface area (Å²) in [6.45, 7) is 0. The van der Waals surface area contributed by atoms with Gasteiger partial charge >= 0.3 is 0 Å². The first kappa shape index (κ1) is 8.66. The molecule has 0 saturated heterocycles. The van der Waals surface area contributed by atoms with Crippen molar-refractivity contribution in [3.63, 3.8) is 0 Å². The van der Waals surface area contributed by atoms with E-state index in [1.165, 1.54) is 18.2 Å². The molecule has 5 nitrogen and oxygen atoms in total. The lowest BCUT2D eigenvalue weighted by Gasteiger charge is -1.97. The van der Waals surface area contributed by atoms with Gasteiger partial charge in [-0.2, -0.15) is 0 Å². The highest BCUT2D eigenvalue weighted by Crippen LogP contribution is 2.26. The number of benzene rings is 1. The summed E-state index contributed by atoms with van der Waals surface area (Å²) in [5.41, 5.74) is 5.45. The number of phenolic OH excluding ortho intramolecular Hbond substituents is 1. The van der Waals surface area contributed by atoms with Gasteiger partial charge in [0.15, 0.2) is 0 Å². The zero-order chi connectivity index (χ0) is 9.14. The maximum absolute atomic E-state index is 10.0. The molecule has 0 bridgehead atoms. The lowest BCUT2D eigenvalue weighted by atomic mass is 10.3. The standard InChI is InChI=1S/C6H6N2O3S/c7-5-3-4(12-8(10)11)1-2-6(5)9/h1-3,9H,7H2. The smallest absolute Gasteiger partial charge is 0.265 e. The number of phenols is 1. The number of rotatable bonds is 2. The zero-order valence-corrected chi connectivity index (χ0v) is 6.75. The minimum absolute atomic E-state index is 0.0669. The van der Waals surface area contributed by atoms with Gasteiger partial charge in [-0.15, -0.1) is 0 Å². The third kappa shape index (κ3) is 2.03. The highest BCUT2D eigenvalue weighted by atomic mass is 32.2. The van der Waals surface area contributed by atoms with Gasteiger partial charge in [-0.3, -0.25) is 10.1 Å². The summed E-state index contributed by atoms with van der Waals surface area (Å²) in [6, 6.07) is 4.10. The Balaban J connectivity index is 2.89. The Morgan fingerprint density at radius 1 is 1.58 bits per heavy atom. The number of nitrogens with two attached hydrogens (primary N) is 1. The molecule has 0 amide bonds. The third-order valence-corrected chi connectivity index (χ3v) is 1.79. The van der Waals surface area contributed by atoms with Gasteiger partial charge in [-0.25, -0.2) is 0 Å². The average molecular weight is 186 g/mol. The number of nitrogen functional groups attached to an aromatic ring is 1. The molecule has 0 heterocycles. The maximum atomic E-state index is 10.0. The molecule has 12 heavy (non-hydrogen) atoms. The molecule has 1 rings (SSSR count). The van der Waals surface area contributed by atoms with Crippen LogP contribution < -0.4 is 5.73 Å². The first-order valence-electron chi connectivity index (χ1n) is 3.00. The van der Waals surface area contributed by atoms with Crippen LogP contribution in [0.15, 0.2) is 23.1 Å². The molecule has 0 aromatic heterocycles. The number of nitrogens with zero attached hydrogens (tertiary/aromatic N) is 1. The first-order chi connectivity index (χ1) is 5.59. The monoisotopic (exact) mass is 186 g/mol. The topological polar surface area (TPSA) is 89.4 Å². The Morgan fingerprint density at radius 3 is 2.75 bits per heavy atom. The lowest BCUT2D eigenvalue weighted by Crippen LogP contribution is -1.88. The molecule has 3 N–H and O–H groups in total. The molecule has 1 aromatic rings. The second-order valence-corrected chi connectivity index (χ2v) is 2.99. The molecular weight excluding hydrogens is 180 g/mol. The second-order valence-electron chi connectivity index (χ2n) is 2.04. The number of anilines is 1. The molecule has 0 aliphatic heterocycles. The largest absolute Gasteiger partial charge is 0.506 e. The van der Waals surface area contributed by atoms with Gasteiger partial charge in [0.2, 0.25) is 0 Å². The van der Waals surface area contributed by atoms with E-state index in [0.29, 0.717) is 16.8 Å². The first-order valence-corrected chi connectivity index (χ1v) is 3.78. The Hall–Kier alpha value is -1.43. The van der Waals surface area contributed by atoms with Crippen LogP contribution in [0.5, 0.6) is 5.75 Å². The van der Waals surface area contributed by atoms with E-state index in [0.717, 1.165) is 0 Å². The molecule has 0 fully saturated rings. The van der Waals surface area contributed by atoms with Crippen LogP contribution in [0, 0.1) is 10.1 Å². The number of hydrogen-bond donors (Lipinski definition) is 2. The fourth-order valence-electron chi connectivity index (χ4n) is 0.675. The van der Waals surface area contributed by atoms with E-state index in [9.17, 15) is 10.1 Å². The van der Waals surface area contributed by atoms with Gasteiger partial charge in [0, 0.05) is 0 Å². The minimum Gasteiger partial charge on any atom is -0.506 e. The van der Waals surface area contributed by atoms with Crippen molar-refractivity contribution in [2.75, 3.05) is 5.73 Å². The summed E-state index contributed by atoms with van der Waals surface area (Å²) in [4.78, 5) is 10.4. The van der Waals surface area contributed by atoms with E-state index in [-0.39, 0.29) is 11.4 Å². The molecule has 0 aliphatic carbocycles. The minimum atomic E-state index is -0.536. The van der Waals surface area contributed by atoms with Crippen molar-refractivity contribution in [2.24, 2.45) is 0 Å². The van der Waals surface area contributed by atoms with Crippen molar-refractivity contribution in [3.8, 4) is 5.75 Å². The van der Waals surface area contributed by atoms with E-state index < -0.39 is 4.33 Å². The molecule has 0 unspecified atom stereocenters. The van der Waals surface area contributed by atoms with E-state index in [4.69, 9.17) is 10.8 Å². The molecule has 0 saturated carbocycles. The fraction of sp³-hybridized carbons (Fsp3) is 0. The van der Waals surface area contributed by atoms with Crippen molar-refractivity contribution >= 4 is 17.6 Å². The van der Waals surface area contributed by atoms with Crippen molar-refractivity contribution in [1.29, 1.82) is 0 Å². The Bertz CT molecular complexity index is 316. The molecule has 0 spiro atoms. The van der Waals surface area contributed by atoms with E-state index in [2.05, 4.69) is 0 Å². The van der Waals surface area contributed by atoms with Crippen molar-refractivity contribution in [1.82, 2.24) is 0 Å². The van der Waals surface area contributed by atoms with Crippen LogP contribution in [0.2, 0.25) is 0 Å². The number of aromatic hydroxyl groups is 1. The third-order valence-electron chi connectivity index (χ3n) is 1.18. The van der Waals surface area contributed by atoms with Crippen LogP contribution >= 0.6 is 11.9 Å². The maximum Gasteiger partial charge on any atom is 0.265 e. The van der Waals surface area contributed by atoms with Gasteiger partial charge in [0.05, 0.1) is 10.6 Å². The van der Waals surface area contributed by atoms with E-state index in [1.54, 1.807) is 0 Å². The average Bonchev–Trinajstić information content (AvgIpc) is 1.96.